The van der Waals surface area contributed by atoms with Crippen molar-refractivity contribution in [3.8, 4) is 0 Å². The zero-order valence-corrected chi connectivity index (χ0v) is 10.6. The summed E-state index contributed by atoms with van der Waals surface area (Å²) in [4.78, 5) is 13.9. The zero-order chi connectivity index (χ0) is 13.0. The number of carbonyl (C=O) groups is 1. The van der Waals surface area contributed by atoms with Crippen molar-refractivity contribution in [3.63, 3.8) is 0 Å². The van der Waals surface area contributed by atoms with Crippen LogP contribution in [0.5, 0.6) is 0 Å². The van der Waals surface area contributed by atoms with Gasteiger partial charge in [0.1, 0.15) is 0 Å². The van der Waals surface area contributed by atoms with E-state index in [4.69, 9.17) is 10.9 Å². The van der Waals surface area contributed by atoms with Crippen molar-refractivity contribution in [1.29, 1.82) is 0 Å². The van der Waals surface area contributed by atoms with Crippen molar-refractivity contribution in [1.82, 2.24) is 10.2 Å². The molecule has 4 N–H and O–H groups in total. The summed E-state index contributed by atoms with van der Waals surface area (Å²) >= 11 is 0. The molecular weight excluding hydrogens is 232 g/mol. The van der Waals surface area contributed by atoms with Crippen LogP contribution in [0.2, 0.25) is 0 Å². The Labute approximate surface area is 107 Å². The van der Waals surface area contributed by atoms with Gasteiger partial charge >= 0.3 is 6.03 Å². The molecule has 6 nitrogen and oxygen atoms in total. The van der Waals surface area contributed by atoms with Gasteiger partial charge in [0, 0.05) is 12.1 Å². The molecular formula is C12H22N4O2. The highest BCUT2D eigenvalue weighted by atomic mass is 16.4. The maximum atomic E-state index is 12.2. The fraction of sp³-hybridized carbons (Fsp3) is 0.833. The third kappa shape index (κ3) is 3.05. The SMILES string of the molecule is NC(CN(C(=O)NC1CCC1)C1CCCC1)=NO. The van der Waals surface area contributed by atoms with Crippen molar-refractivity contribution in [2.24, 2.45) is 10.9 Å². The van der Waals surface area contributed by atoms with E-state index in [2.05, 4.69) is 10.5 Å². The Morgan fingerprint density at radius 1 is 1.28 bits per heavy atom. The number of oxime groups is 1. The number of carbonyl (C=O) groups excluding carboxylic acids is 1. The lowest BCUT2D eigenvalue weighted by Crippen LogP contribution is -2.52. The second-order valence-corrected chi connectivity index (χ2v) is 5.23. The Kier molecular flexibility index (Phi) is 4.28. The van der Waals surface area contributed by atoms with E-state index in [1.165, 1.54) is 6.42 Å². The number of nitrogens with one attached hydrogen (secondary N) is 1. The van der Waals surface area contributed by atoms with Gasteiger partial charge in [-0.15, -0.1) is 0 Å². The fourth-order valence-electron chi connectivity index (χ4n) is 2.60. The van der Waals surface area contributed by atoms with Crippen LogP contribution in [0.15, 0.2) is 5.16 Å². The zero-order valence-electron chi connectivity index (χ0n) is 10.6. The maximum Gasteiger partial charge on any atom is 0.318 e. The van der Waals surface area contributed by atoms with Crippen LogP contribution in [0.1, 0.15) is 44.9 Å². The predicted octanol–water partition coefficient (Wildman–Crippen LogP) is 1.24. The second-order valence-electron chi connectivity index (χ2n) is 5.23. The van der Waals surface area contributed by atoms with E-state index in [-0.39, 0.29) is 24.5 Å². The first-order chi connectivity index (χ1) is 8.70. The Morgan fingerprint density at radius 2 is 1.94 bits per heavy atom. The molecule has 0 aromatic heterocycles. The standard InChI is InChI=1S/C12H22N4O2/c13-11(15-18)8-16(10-6-1-2-7-10)12(17)14-9-4-3-5-9/h9-10,18H,1-8H2,(H2,13,15)(H,14,17). The van der Waals surface area contributed by atoms with Crippen LogP contribution in [0.4, 0.5) is 4.79 Å². The fourth-order valence-corrected chi connectivity index (χ4v) is 2.60. The highest BCUT2D eigenvalue weighted by Gasteiger charge is 2.29. The molecule has 2 aliphatic rings. The molecule has 0 heterocycles. The van der Waals surface area contributed by atoms with Crippen molar-refractivity contribution in [3.05, 3.63) is 0 Å². The highest BCUT2D eigenvalue weighted by molar-refractivity contribution is 5.86. The summed E-state index contributed by atoms with van der Waals surface area (Å²) in [7, 11) is 0. The molecule has 2 fully saturated rings. The number of urea groups is 1. The van der Waals surface area contributed by atoms with Crippen LogP contribution in [0.3, 0.4) is 0 Å². The maximum absolute atomic E-state index is 12.2. The second kappa shape index (κ2) is 5.93. The molecule has 0 unspecified atom stereocenters. The quantitative estimate of drug-likeness (QED) is 0.305. The summed E-state index contributed by atoms with van der Waals surface area (Å²) in [6.45, 7) is 0.208. The van der Waals surface area contributed by atoms with Crippen LogP contribution >= 0.6 is 0 Å². The number of amidine groups is 1. The van der Waals surface area contributed by atoms with Crippen LogP contribution in [0, 0.1) is 0 Å². The lowest BCUT2D eigenvalue weighted by molar-refractivity contribution is 0.173. The summed E-state index contributed by atoms with van der Waals surface area (Å²) in [5.74, 6) is 0.0886. The predicted molar refractivity (Wildman–Crippen MR) is 68.5 cm³/mol. The van der Waals surface area contributed by atoms with Gasteiger partial charge in [-0.3, -0.25) is 0 Å². The molecule has 0 bridgehead atoms. The Bertz CT molecular complexity index is 322. The lowest BCUT2D eigenvalue weighted by Gasteiger charge is -2.33. The molecule has 102 valence electrons. The Balaban J connectivity index is 1.95. The minimum absolute atomic E-state index is 0.0711. The van der Waals surface area contributed by atoms with Crippen LogP contribution in [0.25, 0.3) is 0 Å². The number of nitrogens with two attached hydrogens (primary N) is 1. The first kappa shape index (κ1) is 13.0. The molecule has 0 aromatic rings. The Morgan fingerprint density at radius 3 is 2.44 bits per heavy atom. The van der Waals surface area contributed by atoms with Gasteiger partial charge in [0.05, 0.1) is 6.54 Å². The molecule has 0 saturated heterocycles. The molecule has 18 heavy (non-hydrogen) atoms. The first-order valence-electron chi connectivity index (χ1n) is 6.74. The van der Waals surface area contributed by atoms with E-state index in [0.717, 1.165) is 38.5 Å². The molecule has 0 spiro atoms. The van der Waals surface area contributed by atoms with Gasteiger partial charge in [-0.05, 0) is 32.1 Å². The molecule has 2 amide bonds. The summed E-state index contributed by atoms with van der Waals surface area (Å²) in [6.07, 6.45) is 7.63. The van der Waals surface area contributed by atoms with Crippen LogP contribution < -0.4 is 11.1 Å². The van der Waals surface area contributed by atoms with E-state index in [1.807, 2.05) is 0 Å². The van der Waals surface area contributed by atoms with Gasteiger partial charge < -0.3 is 21.2 Å². The summed E-state index contributed by atoms with van der Waals surface area (Å²) in [6, 6.07) is 0.470. The minimum Gasteiger partial charge on any atom is -0.409 e. The summed E-state index contributed by atoms with van der Waals surface area (Å²) in [5.41, 5.74) is 5.53. The molecule has 0 radical (unpaired) electrons. The van der Waals surface area contributed by atoms with Gasteiger partial charge in [-0.25, -0.2) is 4.79 Å². The molecule has 0 aromatic carbocycles. The average Bonchev–Trinajstić information content (AvgIpc) is 2.83. The van der Waals surface area contributed by atoms with Crippen LogP contribution in [-0.4, -0.2) is 40.6 Å². The molecule has 2 aliphatic carbocycles. The van der Waals surface area contributed by atoms with E-state index in [9.17, 15) is 4.79 Å². The van der Waals surface area contributed by atoms with E-state index < -0.39 is 0 Å². The smallest absolute Gasteiger partial charge is 0.318 e. The first-order valence-corrected chi connectivity index (χ1v) is 6.74. The van der Waals surface area contributed by atoms with Gasteiger partial charge in [0.2, 0.25) is 0 Å². The highest BCUT2D eigenvalue weighted by Crippen LogP contribution is 2.24. The van der Waals surface area contributed by atoms with Gasteiger partial charge in [-0.1, -0.05) is 18.0 Å². The van der Waals surface area contributed by atoms with E-state index >= 15 is 0 Å². The number of nitrogens with zero attached hydrogens (tertiary/aromatic N) is 2. The van der Waals surface area contributed by atoms with Crippen molar-refractivity contribution >= 4 is 11.9 Å². The third-order valence-electron chi connectivity index (χ3n) is 3.92. The number of hydrogen-bond acceptors (Lipinski definition) is 3. The third-order valence-corrected chi connectivity index (χ3v) is 3.92. The summed E-state index contributed by atoms with van der Waals surface area (Å²) < 4.78 is 0. The molecule has 0 aliphatic heterocycles. The van der Waals surface area contributed by atoms with Crippen molar-refractivity contribution in [2.45, 2.75) is 57.0 Å². The van der Waals surface area contributed by atoms with Crippen molar-refractivity contribution < 1.29 is 10.0 Å². The topological polar surface area (TPSA) is 91.0 Å². The minimum atomic E-state index is -0.0711. The number of rotatable bonds is 4. The number of hydrogen-bond donors (Lipinski definition) is 3. The largest absolute Gasteiger partial charge is 0.409 e. The average molecular weight is 254 g/mol. The molecule has 2 rings (SSSR count). The van der Waals surface area contributed by atoms with Gasteiger partial charge in [0.25, 0.3) is 0 Å². The number of amides is 2. The van der Waals surface area contributed by atoms with Crippen LogP contribution in [-0.2, 0) is 0 Å². The monoisotopic (exact) mass is 254 g/mol. The Hall–Kier alpha value is -1.46. The summed E-state index contributed by atoms with van der Waals surface area (Å²) in [5, 5.41) is 14.6. The van der Waals surface area contributed by atoms with E-state index in [1.54, 1.807) is 4.90 Å². The molecule has 2 saturated carbocycles. The van der Waals surface area contributed by atoms with E-state index in [0.29, 0.717) is 6.04 Å². The van der Waals surface area contributed by atoms with Gasteiger partial charge in [-0.2, -0.15) is 0 Å². The van der Waals surface area contributed by atoms with Gasteiger partial charge in [0.15, 0.2) is 5.84 Å². The molecule has 0 atom stereocenters. The normalized spacial score (nSPS) is 21.7. The van der Waals surface area contributed by atoms with Crippen molar-refractivity contribution in [2.75, 3.05) is 6.54 Å². The lowest BCUT2D eigenvalue weighted by atomic mass is 9.93. The molecule has 6 heteroatoms.